The molecule has 1 aromatic heterocycles. The van der Waals surface area contributed by atoms with Gasteiger partial charge in [0.25, 0.3) is 5.91 Å². The summed E-state index contributed by atoms with van der Waals surface area (Å²) in [6.45, 7) is 7.39. The van der Waals surface area contributed by atoms with Crippen molar-refractivity contribution in [3.05, 3.63) is 53.9 Å². The predicted molar refractivity (Wildman–Crippen MR) is 86.9 cm³/mol. The maximum Gasteiger partial charge on any atom is 0.261 e. The fourth-order valence-corrected chi connectivity index (χ4v) is 2.22. The molecule has 4 heteroatoms. The highest BCUT2D eigenvalue weighted by Crippen LogP contribution is 2.21. The summed E-state index contributed by atoms with van der Waals surface area (Å²) in [6.07, 6.45) is 3.31. The second kappa shape index (κ2) is 6.88. The first-order valence-electron chi connectivity index (χ1n) is 7.23. The van der Waals surface area contributed by atoms with E-state index in [0.717, 1.165) is 17.9 Å². The van der Waals surface area contributed by atoms with Gasteiger partial charge in [-0.05, 0) is 39.0 Å². The van der Waals surface area contributed by atoms with Crippen LogP contribution >= 0.6 is 0 Å². The van der Waals surface area contributed by atoms with Gasteiger partial charge in [-0.3, -0.25) is 9.78 Å². The molecule has 0 unspecified atom stereocenters. The molecule has 1 aromatic carbocycles. The Hall–Kier alpha value is -2.36. The third-order valence-corrected chi connectivity index (χ3v) is 3.33. The van der Waals surface area contributed by atoms with Gasteiger partial charge in [0.05, 0.1) is 11.3 Å². The fraction of sp³-hybridized carbons (Fsp3) is 0.294. The zero-order chi connectivity index (χ0) is 15.2. The number of nitrogens with zero attached hydrogens (tertiary/aromatic N) is 2. The number of rotatable bonds is 5. The van der Waals surface area contributed by atoms with Crippen molar-refractivity contribution in [2.24, 2.45) is 0 Å². The topological polar surface area (TPSA) is 45.2 Å². The Morgan fingerprint density at radius 1 is 1.19 bits per heavy atom. The van der Waals surface area contributed by atoms with Gasteiger partial charge in [0.15, 0.2) is 0 Å². The van der Waals surface area contributed by atoms with E-state index >= 15 is 0 Å². The second-order valence-corrected chi connectivity index (χ2v) is 4.84. The van der Waals surface area contributed by atoms with Gasteiger partial charge in [0, 0.05) is 31.2 Å². The molecule has 0 aliphatic rings. The highest BCUT2D eigenvalue weighted by atomic mass is 16.2. The van der Waals surface area contributed by atoms with Gasteiger partial charge in [0.2, 0.25) is 0 Å². The van der Waals surface area contributed by atoms with Gasteiger partial charge in [-0.25, -0.2) is 0 Å². The van der Waals surface area contributed by atoms with Crippen LogP contribution in [-0.2, 0) is 0 Å². The van der Waals surface area contributed by atoms with E-state index < -0.39 is 0 Å². The Bertz CT molecular complexity index is 608. The lowest BCUT2D eigenvalue weighted by molar-refractivity contribution is 0.0988. The molecule has 1 amide bonds. The van der Waals surface area contributed by atoms with Crippen LogP contribution < -0.4 is 10.2 Å². The number of carbonyl (C=O) groups is 1. The number of anilines is 2. The average Bonchev–Trinajstić information content (AvgIpc) is 2.50. The van der Waals surface area contributed by atoms with E-state index in [2.05, 4.69) is 10.3 Å². The number of nitrogens with one attached hydrogen (secondary N) is 1. The van der Waals surface area contributed by atoms with Crippen LogP contribution in [0.4, 0.5) is 11.4 Å². The summed E-state index contributed by atoms with van der Waals surface area (Å²) in [7, 11) is 0. The first kappa shape index (κ1) is 15.0. The Kier molecular flexibility index (Phi) is 4.93. The third-order valence-electron chi connectivity index (χ3n) is 3.33. The molecule has 1 N–H and O–H groups in total. The standard InChI is InChI=1S/C17H21N3O/c1-4-19-16-10-11-18-12-15(16)17(21)20(5-2)14-8-6-13(3)7-9-14/h6-12H,4-5H2,1-3H3,(H,18,19). The summed E-state index contributed by atoms with van der Waals surface area (Å²) < 4.78 is 0. The molecule has 2 aromatic rings. The lowest BCUT2D eigenvalue weighted by Gasteiger charge is -2.22. The number of carbonyl (C=O) groups excluding carboxylic acids is 1. The second-order valence-electron chi connectivity index (χ2n) is 4.84. The summed E-state index contributed by atoms with van der Waals surface area (Å²) in [4.78, 5) is 18.6. The van der Waals surface area contributed by atoms with Gasteiger partial charge in [-0.1, -0.05) is 17.7 Å². The van der Waals surface area contributed by atoms with Crippen LogP contribution in [0.25, 0.3) is 0 Å². The van der Waals surface area contributed by atoms with Crippen LogP contribution in [0, 0.1) is 6.92 Å². The van der Waals surface area contributed by atoms with Gasteiger partial charge < -0.3 is 10.2 Å². The third kappa shape index (κ3) is 3.40. The molecule has 0 radical (unpaired) electrons. The number of hydrogen-bond donors (Lipinski definition) is 1. The van der Waals surface area contributed by atoms with E-state index in [4.69, 9.17) is 0 Å². The molecule has 0 aliphatic carbocycles. The molecular weight excluding hydrogens is 262 g/mol. The number of benzene rings is 1. The molecule has 110 valence electrons. The summed E-state index contributed by atoms with van der Waals surface area (Å²) in [5.74, 6) is -0.0367. The summed E-state index contributed by atoms with van der Waals surface area (Å²) >= 11 is 0. The minimum Gasteiger partial charge on any atom is -0.385 e. The van der Waals surface area contributed by atoms with Crippen molar-refractivity contribution in [1.82, 2.24) is 4.98 Å². The van der Waals surface area contributed by atoms with E-state index in [-0.39, 0.29) is 5.91 Å². The largest absolute Gasteiger partial charge is 0.385 e. The Morgan fingerprint density at radius 2 is 1.90 bits per heavy atom. The van der Waals surface area contributed by atoms with E-state index in [9.17, 15) is 4.79 Å². The molecule has 21 heavy (non-hydrogen) atoms. The molecule has 0 saturated carbocycles. The van der Waals surface area contributed by atoms with E-state index in [1.54, 1.807) is 17.3 Å². The molecule has 4 nitrogen and oxygen atoms in total. The van der Waals surface area contributed by atoms with Crippen molar-refractivity contribution in [2.45, 2.75) is 20.8 Å². The smallest absolute Gasteiger partial charge is 0.261 e. The number of hydrogen-bond acceptors (Lipinski definition) is 3. The van der Waals surface area contributed by atoms with Gasteiger partial charge in [0.1, 0.15) is 0 Å². The average molecular weight is 283 g/mol. The van der Waals surface area contributed by atoms with E-state index in [0.29, 0.717) is 12.1 Å². The maximum absolute atomic E-state index is 12.8. The maximum atomic E-state index is 12.8. The normalized spacial score (nSPS) is 10.2. The van der Waals surface area contributed by atoms with Crippen molar-refractivity contribution < 1.29 is 4.79 Å². The van der Waals surface area contributed by atoms with E-state index in [1.165, 1.54) is 5.56 Å². The number of aromatic nitrogens is 1. The highest BCUT2D eigenvalue weighted by molar-refractivity contribution is 6.09. The van der Waals surface area contributed by atoms with Crippen molar-refractivity contribution >= 4 is 17.3 Å². The zero-order valence-corrected chi connectivity index (χ0v) is 12.8. The number of amides is 1. The SMILES string of the molecule is CCNc1ccncc1C(=O)N(CC)c1ccc(C)cc1. The predicted octanol–water partition coefficient (Wildman–Crippen LogP) is 3.49. The fourth-order valence-electron chi connectivity index (χ4n) is 2.22. The van der Waals surface area contributed by atoms with Crippen LogP contribution in [0.2, 0.25) is 0 Å². The number of aryl methyl sites for hydroxylation is 1. The zero-order valence-electron chi connectivity index (χ0n) is 12.8. The van der Waals surface area contributed by atoms with Crippen molar-refractivity contribution in [3.8, 4) is 0 Å². The molecule has 2 rings (SSSR count). The molecule has 0 atom stereocenters. The molecule has 0 fully saturated rings. The van der Waals surface area contributed by atoms with Crippen LogP contribution in [0.3, 0.4) is 0 Å². The van der Waals surface area contributed by atoms with Crippen LogP contribution in [-0.4, -0.2) is 24.0 Å². The molecule has 0 aliphatic heterocycles. The minimum atomic E-state index is -0.0367. The van der Waals surface area contributed by atoms with Gasteiger partial charge >= 0.3 is 0 Å². The van der Waals surface area contributed by atoms with Gasteiger partial charge in [-0.15, -0.1) is 0 Å². The summed E-state index contributed by atoms with van der Waals surface area (Å²) in [5.41, 5.74) is 3.50. The monoisotopic (exact) mass is 283 g/mol. The quantitative estimate of drug-likeness (QED) is 0.913. The molecule has 0 saturated heterocycles. The van der Waals surface area contributed by atoms with E-state index in [1.807, 2.05) is 51.1 Å². The Morgan fingerprint density at radius 3 is 2.52 bits per heavy atom. The first-order chi connectivity index (χ1) is 10.2. The van der Waals surface area contributed by atoms with Gasteiger partial charge in [-0.2, -0.15) is 0 Å². The first-order valence-corrected chi connectivity index (χ1v) is 7.23. The van der Waals surface area contributed by atoms with Crippen LogP contribution in [0.1, 0.15) is 29.8 Å². The van der Waals surface area contributed by atoms with Crippen LogP contribution in [0.15, 0.2) is 42.7 Å². The summed E-state index contributed by atoms with van der Waals surface area (Å²) in [5, 5.41) is 3.21. The van der Waals surface area contributed by atoms with Crippen molar-refractivity contribution in [2.75, 3.05) is 23.3 Å². The Balaban J connectivity index is 2.34. The lowest BCUT2D eigenvalue weighted by Crippen LogP contribution is -2.31. The van der Waals surface area contributed by atoms with Crippen LogP contribution in [0.5, 0.6) is 0 Å². The molecule has 0 spiro atoms. The lowest BCUT2D eigenvalue weighted by atomic mass is 10.1. The van der Waals surface area contributed by atoms with Crippen molar-refractivity contribution in [1.29, 1.82) is 0 Å². The molecular formula is C17H21N3O. The summed E-state index contributed by atoms with van der Waals surface area (Å²) in [6, 6.07) is 9.80. The van der Waals surface area contributed by atoms with Crippen molar-refractivity contribution in [3.63, 3.8) is 0 Å². The number of pyridine rings is 1. The minimum absolute atomic E-state index is 0.0367. The molecule has 1 heterocycles. The highest BCUT2D eigenvalue weighted by Gasteiger charge is 2.19. The Labute approximate surface area is 125 Å². The molecule has 0 bridgehead atoms.